The second-order valence-electron chi connectivity index (χ2n) is 4.21. The Hall–Kier alpha value is -1.72. The van der Waals surface area contributed by atoms with Gasteiger partial charge in [-0.05, 0) is 30.5 Å². The number of benzene rings is 1. The van der Waals surface area contributed by atoms with Crippen LogP contribution in [0.3, 0.4) is 0 Å². The van der Waals surface area contributed by atoms with E-state index in [9.17, 15) is 0 Å². The molecule has 0 aliphatic carbocycles. The number of amidine groups is 1. The van der Waals surface area contributed by atoms with E-state index in [0.29, 0.717) is 10.6 Å². The van der Waals surface area contributed by atoms with Crippen LogP contribution in [0, 0.1) is 0 Å². The molecule has 0 saturated heterocycles. The van der Waals surface area contributed by atoms with Crippen molar-refractivity contribution in [2.45, 2.75) is 13.5 Å². The lowest BCUT2D eigenvalue weighted by molar-refractivity contribution is 0.318. The molecular weight excluding hydrogens is 294 g/mol. The molecule has 1 heterocycles. The van der Waals surface area contributed by atoms with E-state index in [1.165, 1.54) is 4.88 Å². The predicted molar refractivity (Wildman–Crippen MR) is 85.0 cm³/mol. The van der Waals surface area contributed by atoms with E-state index in [1.807, 2.05) is 23.6 Å². The number of nitrogens with zero attached hydrogens (tertiary/aromatic N) is 2. The lowest BCUT2D eigenvalue weighted by Gasteiger charge is -2.25. The molecule has 0 bridgehead atoms. The number of hydrogen-bond acceptors (Lipinski definition) is 4. The van der Waals surface area contributed by atoms with Crippen molar-refractivity contribution in [3.8, 4) is 0 Å². The fraction of sp³-hybridized carbons (Fsp3) is 0.214. The van der Waals surface area contributed by atoms with Crippen LogP contribution in [-0.2, 0) is 6.54 Å². The summed E-state index contributed by atoms with van der Waals surface area (Å²) in [6, 6.07) is 9.63. The lowest BCUT2D eigenvalue weighted by Crippen LogP contribution is -2.26. The van der Waals surface area contributed by atoms with Crippen LogP contribution in [0.25, 0.3) is 0 Å². The Morgan fingerprint density at radius 3 is 2.80 bits per heavy atom. The van der Waals surface area contributed by atoms with Crippen molar-refractivity contribution < 1.29 is 5.21 Å². The maximum atomic E-state index is 8.94. The zero-order valence-corrected chi connectivity index (χ0v) is 12.7. The maximum absolute atomic E-state index is 8.94. The molecule has 0 unspecified atom stereocenters. The molecule has 1 aromatic heterocycles. The molecule has 2 aromatic rings. The fourth-order valence-corrected chi connectivity index (χ4v) is 3.02. The summed E-state index contributed by atoms with van der Waals surface area (Å²) in [5.41, 5.74) is 7.18. The highest BCUT2D eigenvalue weighted by Crippen LogP contribution is 2.29. The smallest absolute Gasteiger partial charge is 0.173 e. The molecule has 0 fully saturated rings. The molecule has 0 radical (unpaired) electrons. The first-order valence-corrected chi connectivity index (χ1v) is 7.46. The van der Waals surface area contributed by atoms with E-state index in [0.717, 1.165) is 18.8 Å². The third-order valence-electron chi connectivity index (χ3n) is 3.00. The average molecular weight is 310 g/mol. The van der Waals surface area contributed by atoms with Gasteiger partial charge in [0.1, 0.15) is 0 Å². The van der Waals surface area contributed by atoms with Gasteiger partial charge in [0.05, 0.1) is 17.1 Å². The second kappa shape index (κ2) is 6.63. The summed E-state index contributed by atoms with van der Waals surface area (Å²) in [5, 5.41) is 14.5. The number of oxime groups is 1. The summed E-state index contributed by atoms with van der Waals surface area (Å²) in [6.07, 6.45) is 0. The summed E-state index contributed by atoms with van der Waals surface area (Å²) in [4.78, 5) is 3.39. The number of rotatable bonds is 5. The largest absolute Gasteiger partial charge is 0.409 e. The van der Waals surface area contributed by atoms with Crippen LogP contribution < -0.4 is 10.6 Å². The third-order valence-corrected chi connectivity index (χ3v) is 4.18. The van der Waals surface area contributed by atoms with Crippen molar-refractivity contribution in [3.63, 3.8) is 0 Å². The highest BCUT2D eigenvalue weighted by atomic mass is 35.5. The Morgan fingerprint density at radius 2 is 2.20 bits per heavy atom. The van der Waals surface area contributed by atoms with Crippen molar-refractivity contribution in [1.29, 1.82) is 0 Å². The summed E-state index contributed by atoms with van der Waals surface area (Å²) in [5.74, 6) is 0.0234. The van der Waals surface area contributed by atoms with E-state index >= 15 is 0 Å². The third kappa shape index (κ3) is 3.05. The van der Waals surface area contributed by atoms with Gasteiger partial charge in [-0.3, -0.25) is 0 Å². The molecule has 106 valence electrons. The quantitative estimate of drug-likeness (QED) is 0.384. The molecule has 2 rings (SSSR count). The summed E-state index contributed by atoms with van der Waals surface area (Å²) in [7, 11) is 0. The second-order valence-corrected chi connectivity index (χ2v) is 5.65. The van der Waals surface area contributed by atoms with Gasteiger partial charge in [-0.25, -0.2) is 0 Å². The first-order chi connectivity index (χ1) is 9.67. The van der Waals surface area contributed by atoms with Gasteiger partial charge < -0.3 is 15.8 Å². The van der Waals surface area contributed by atoms with Crippen LogP contribution in [0.1, 0.15) is 17.4 Å². The van der Waals surface area contributed by atoms with Gasteiger partial charge in [0.2, 0.25) is 0 Å². The average Bonchev–Trinajstić information content (AvgIpc) is 2.96. The molecule has 0 atom stereocenters. The fourth-order valence-electron chi connectivity index (χ4n) is 2.04. The predicted octanol–water partition coefficient (Wildman–Crippen LogP) is 3.52. The minimum Gasteiger partial charge on any atom is -0.409 e. The van der Waals surface area contributed by atoms with Crippen LogP contribution in [0.15, 0.2) is 40.9 Å². The molecule has 0 aliphatic rings. The molecule has 4 nitrogen and oxygen atoms in total. The van der Waals surface area contributed by atoms with Crippen LogP contribution in [0.2, 0.25) is 5.02 Å². The Kier molecular flexibility index (Phi) is 4.87. The maximum Gasteiger partial charge on any atom is 0.173 e. The van der Waals surface area contributed by atoms with Crippen LogP contribution >= 0.6 is 22.9 Å². The molecule has 6 heteroatoms. The van der Waals surface area contributed by atoms with E-state index in [4.69, 9.17) is 22.5 Å². The molecule has 20 heavy (non-hydrogen) atoms. The molecule has 0 amide bonds. The zero-order chi connectivity index (χ0) is 14.5. The summed E-state index contributed by atoms with van der Waals surface area (Å²) >= 11 is 7.89. The highest BCUT2D eigenvalue weighted by molar-refractivity contribution is 7.09. The van der Waals surface area contributed by atoms with Gasteiger partial charge in [0.25, 0.3) is 0 Å². The molecule has 0 saturated carbocycles. The normalized spacial score (nSPS) is 11.6. The summed E-state index contributed by atoms with van der Waals surface area (Å²) < 4.78 is 0. The zero-order valence-electron chi connectivity index (χ0n) is 11.1. The topological polar surface area (TPSA) is 61.8 Å². The summed E-state index contributed by atoms with van der Waals surface area (Å²) in [6.45, 7) is 3.62. The van der Waals surface area contributed by atoms with E-state index in [2.05, 4.69) is 23.0 Å². The van der Waals surface area contributed by atoms with Crippen LogP contribution in [0.5, 0.6) is 0 Å². The monoisotopic (exact) mass is 309 g/mol. The van der Waals surface area contributed by atoms with E-state index in [1.54, 1.807) is 17.4 Å². The molecule has 1 aromatic carbocycles. The first-order valence-electron chi connectivity index (χ1n) is 6.21. The molecule has 0 aliphatic heterocycles. The Bertz CT molecular complexity index is 598. The van der Waals surface area contributed by atoms with Gasteiger partial charge in [-0.1, -0.05) is 28.9 Å². The van der Waals surface area contributed by atoms with Gasteiger partial charge in [-0.15, -0.1) is 11.3 Å². The van der Waals surface area contributed by atoms with E-state index in [-0.39, 0.29) is 5.84 Å². The minimum atomic E-state index is 0.0234. The molecule has 3 N–H and O–H groups in total. The number of anilines is 1. The van der Waals surface area contributed by atoms with Gasteiger partial charge in [-0.2, -0.15) is 0 Å². The minimum absolute atomic E-state index is 0.0234. The van der Waals surface area contributed by atoms with Crippen molar-refractivity contribution >= 4 is 34.5 Å². The Balaban J connectivity index is 2.41. The lowest BCUT2D eigenvalue weighted by atomic mass is 10.1. The van der Waals surface area contributed by atoms with Crippen molar-refractivity contribution in [2.24, 2.45) is 10.9 Å². The number of nitrogens with two attached hydrogens (primary N) is 1. The van der Waals surface area contributed by atoms with E-state index < -0.39 is 0 Å². The van der Waals surface area contributed by atoms with Crippen molar-refractivity contribution in [3.05, 3.63) is 51.2 Å². The number of thiophene rings is 1. The Labute approximate surface area is 127 Å². The number of hydrogen-bond donors (Lipinski definition) is 2. The molecular formula is C14H16ClN3OS. The SMILES string of the molecule is CCN(Cc1cccs1)c1cccc(Cl)c1C(N)=NO. The standard InChI is InChI=1S/C14H16ClN3OS/c1-2-18(9-10-5-4-8-20-10)12-7-3-6-11(15)13(12)14(16)17-19/h3-8,19H,2,9H2,1H3,(H2,16,17). The number of halogens is 1. The van der Waals surface area contributed by atoms with Crippen LogP contribution in [-0.4, -0.2) is 17.6 Å². The van der Waals surface area contributed by atoms with Crippen molar-refractivity contribution in [2.75, 3.05) is 11.4 Å². The Morgan fingerprint density at radius 1 is 1.40 bits per heavy atom. The van der Waals surface area contributed by atoms with Gasteiger partial charge in [0, 0.05) is 17.1 Å². The highest BCUT2D eigenvalue weighted by Gasteiger charge is 2.16. The van der Waals surface area contributed by atoms with Crippen molar-refractivity contribution in [1.82, 2.24) is 0 Å². The van der Waals surface area contributed by atoms with Gasteiger partial charge >= 0.3 is 0 Å². The van der Waals surface area contributed by atoms with Crippen LogP contribution in [0.4, 0.5) is 5.69 Å². The first kappa shape index (κ1) is 14.7. The van der Waals surface area contributed by atoms with Gasteiger partial charge in [0.15, 0.2) is 5.84 Å². The molecule has 0 spiro atoms.